The Labute approximate surface area is 237 Å². The van der Waals surface area contributed by atoms with E-state index in [1.807, 2.05) is 37.3 Å². The van der Waals surface area contributed by atoms with Crippen molar-refractivity contribution >= 4 is 11.9 Å². The third kappa shape index (κ3) is 7.11. The van der Waals surface area contributed by atoms with Gasteiger partial charge in [0.05, 0.1) is 49.2 Å². The second-order valence-electron chi connectivity index (χ2n) is 10.2. The monoisotopic (exact) mass is 555 g/mol. The highest BCUT2D eigenvalue weighted by atomic mass is 19.1. The number of nitrogens with zero attached hydrogens (tertiary/aromatic N) is 4. The summed E-state index contributed by atoms with van der Waals surface area (Å²) in [5, 5.41) is 14.8. The molecule has 0 radical (unpaired) electrons. The summed E-state index contributed by atoms with van der Waals surface area (Å²) in [4.78, 5) is 29.3. The number of amides is 1. The van der Waals surface area contributed by atoms with Gasteiger partial charge in [-0.2, -0.15) is 5.26 Å². The number of hydrogen-bond acceptors (Lipinski definition) is 8. The van der Waals surface area contributed by atoms with Crippen molar-refractivity contribution in [3.05, 3.63) is 84.1 Å². The number of aromatic nitrogens is 4. The van der Waals surface area contributed by atoms with Gasteiger partial charge in [0.15, 0.2) is 5.82 Å². The lowest BCUT2D eigenvalue weighted by Gasteiger charge is -2.36. The second-order valence-corrected chi connectivity index (χ2v) is 10.2. The first kappa shape index (κ1) is 27.9. The minimum atomic E-state index is -0.772. The standard InChI is InChI=1S/C30H30FN7O3/c1-30(17-35-24(39)16-20-6-3-2-4-7-20)18-40-28(41-19-30)27-37-25(21-8-10-22(31)11-9-21)26(38-27)23-12-15-34-29(36-23)33-14-5-13-32/h2-4,6-12,15,28H,5,14,16-19H2,1H3,(H,35,39)(H,37,38)(H,33,34,36). The van der Waals surface area contributed by atoms with Gasteiger partial charge in [-0.25, -0.2) is 19.3 Å². The minimum Gasteiger partial charge on any atom is -0.355 e. The SMILES string of the molecule is CC1(CNC(=O)Cc2ccccc2)COC(c2nc(-c3ccc(F)cc3)c(-c3ccnc(NCCC#N)n3)[nH]2)OC1. The van der Waals surface area contributed by atoms with E-state index in [0.29, 0.717) is 73.6 Å². The second kappa shape index (κ2) is 12.7. The van der Waals surface area contributed by atoms with E-state index in [0.717, 1.165) is 5.56 Å². The van der Waals surface area contributed by atoms with Gasteiger partial charge in [-0.15, -0.1) is 0 Å². The Morgan fingerprint density at radius 3 is 2.61 bits per heavy atom. The molecule has 41 heavy (non-hydrogen) atoms. The van der Waals surface area contributed by atoms with Gasteiger partial charge in [0, 0.05) is 30.3 Å². The summed E-state index contributed by atoms with van der Waals surface area (Å²) in [6, 6.07) is 19.4. The van der Waals surface area contributed by atoms with Gasteiger partial charge in [0.25, 0.3) is 0 Å². The van der Waals surface area contributed by atoms with Crippen LogP contribution in [0.25, 0.3) is 22.6 Å². The van der Waals surface area contributed by atoms with Crippen molar-refractivity contribution in [1.82, 2.24) is 25.3 Å². The van der Waals surface area contributed by atoms with E-state index in [1.54, 1.807) is 24.4 Å². The molecule has 1 aliphatic rings. The average Bonchev–Trinajstić information content (AvgIpc) is 3.43. The van der Waals surface area contributed by atoms with Gasteiger partial charge in [-0.1, -0.05) is 37.3 Å². The lowest BCUT2D eigenvalue weighted by atomic mass is 9.92. The summed E-state index contributed by atoms with van der Waals surface area (Å²) >= 11 is 0. The topological polar surface area (TPSA) is 138 Å². The van der Waals surface area contributed by atoms with Gasteiger partial charge in [-0.3, -0.25) is 4.79 Å². The molecular formula is C30H30FN7O3. The number of benzene rings is 2. The maximum atomic E-state index is 13.7. The number of H-pyrrole nitrogens is 1. The van der Waals surface area contributed by atoms with Crippen molar-refractivity contribution in [3.63, 3.8) is 0 Å². The number of carbonyl (C=O) groups is 1. The fourth-order valence-corrected chi connectivity index (χ4v) is 4.38. The number of rotatable bonds is 10. The molecule has 3 N–H and O–H groups in total. The fraction of sp³-hybridized carbons (Fsp3) is 0.300. The van der Waals surface area contributed by atoms with E-state index in [4.69, 9.17) is 19.7 Å². The molecule has 0 atom stereocenters. The molecule has 10 nitrogen and oxygen atoms in total. The van der Waals surface area contributed by atoms with Crippen LogP contribution >= 0.6 is 0 Å². The Hall–Kier alpha value is -4.66. The Bertz CT molecular complexity index is 1510. The van der Waals surface area contributed by atoms with E-state index in [9.17, 15) is 9.18 Å². The number of ether oxygens (including phenoxy) is 2. The summed E-state index contributed by atoms with van der Waals surface area (Å²) in [6.45, 7) is 3.48. The molecule has 0 aliphatic carbocycles. The zero-order valence-corrected chi connectivity index (χ0v) is 22.6. The summed E-state index contributed by atoms with van der Waals surface area (Å²) in [5.74, 6) is 0.387. The maximum absolute atomic E-state index is 13.7. The Balaban J connectivity index is 1.30. The van der Waals surface area contributed by atoms with Crippen LogP contribution < -0.4 is 10.6 Å². The normalized spacial score (nSPS) is 18.4. The molecular weight excluding hydrogens is 525 g/mol. The van der Waals surface area contributed by atoms with Gasteiger partial charge < -0.3 is 25.1 Å². The first-order chi connectivity index (χ1) is 19.9. The molecule has 1 fully saturated rings. The molecule has 1 aliphatic heterocycles. The number of aromatic amines is 1. The Morgan fingerprint density at radius 2 is 1.88 bits per heavy atom. The quantitative estimate of drug-likeness (QED) is 0.245. The molecule has 1 saturated heterocycles. The number of nitrogens with one attached hydrogen (secondary N) is 3. The Morgan fingerprint density at radius 1 is 1.12 bits per heavy atom. The number of carbonyl (C=O) groups excluding carboxylic acids is 1. The maximum Gasteiger partial charge on any atom is 0.224 e. The van der Waals surface area contributed by atoms with Crippen molar-refractivity contribution < 1.29 is 18.7 Å². The molecule has 5 rings (SSSR count). The zero-order valence-electron chi connectivity index (χ0n) is 22.6. The molecule has 11 heteroatoms. The molecule has 0 saturated carbocycles. The molecule has 4 aromatic rings. The highest BCUT2D eigenvalue weighted by Crippen LogP contribution is 2.35. The highest BCUT2D eigenvalue weighted by Gasteiger charge is 2.35. The highest BCUT2D eigenvalue weighted by molar-refractivity contribution is 5.78. The smallest absolute Gasteiger partial charge is 0.224 e. The number of imidazole rings is 1. The third-order valence-electron chi connectivity index (χ3n) is 6.58. The molecule has 210 valence electrons. The van der Waals surface area contributed by atoms with Gasteiger partial charge in [-0.05, 0) is 35.9 Å². The molecule has 3 heterocycles. The number of nitriles is 1. The van der Waals surface area contributed by atoms with Crippen LogP contribution in [0.2, 0.25) is 0 Å². The first-order valence-electron chi connectivity index (χ1n) is 13.3. The van der Waals surface area contributed by atoms with Gasteiger partial charge in [0.2, 0.25) is 18.1 Å². The predicted octanol–water partition coefficient (Wildman–Crippen LogP) is 4.41. The number of anilines is 1. The van der Waals surface area contributed by atoms with Crippen LogP contribution in [-0.4, -0.2) is 52.1 Å². The van der Waals surface area contributed by atoms with Crippen molar-refractivity contribution in [3.8, 4) is 28.7 Å². The van der Waals surface area contributed by atoms with Crippen molar-refractivity contribution in [1.29, 1.82) is 5.26 Å². The molecule has 0 unspecified atom stereocenters. The molecule has 2 aromatic heterocycles. The van der Waals surface area contributed by atoms with Crippen LogP contribution in [0.1, 0.15) is 31.0 Å². The summed E-state index contributed by atoms with van der Waals surface area (Å²) < 4.78 is 25.8. The molecule has 0 bridgehead atoms. The van der Waals surface area contributed by atoms with Crippen LogP contribution in [0.5, 0.6) is 0 Å². The van der Waals surface area contributed by atoms with Crippen molar-refractivity contribution in [2.45, 2.75) is 26.1 Å². The summed E-state index contributed by atoms with van der Waals surface area (Å²) in [5.41, 5.74) is 2.91. The largest absolute Gasteiger partial charge is 0.355 e. The fourth-order valence-electron chi connectivity index (χ4n) is 4.38. The first-order valence-corrected chi connectivity index (χ1v) is 13.3. The third-order valence-corrected chi connectivity index (χ3v) is 6.58. The van der Waals surface area contributed by atoms with Crippen LogP contribution in [0.4, 0.5) is 10.3 Å². The van der Waals surface area contributed by atoms with E-state index >= 15 is 0 Å². The van der Waals surface area contributed by atoms with E-state index in [2.05, 4.69) is 31.7 Å². The average molecular weight is 556 g/mol. The number of hydrogen-bond donors (Lipinski definition) is 3. The van der Waals surface area contributed by atoms with Crippen LogP contribution in [-0.2, 0) is 20.7 Å². The molecule has 1 amide bonds. The summed E-state index contributed by atoms with van der Waals surface area (Å²) in [6.07, 6.45) is 1.46. The predicted molar refractivity (Wildman–Crippen MR) is 150 cm³/mol. The zero-order chi connectivity index (χ0) is 28.7. The van der Waals surface area contributed by atoms with Gasteiger partial charge in [0.1, 0.15) is 5.82 Å². The minimum absolute atomic E-state index is 0.0644. The van der Waals surface area contributed by atoms with E-state index in [1.165, 1.54) is 12.1 Å². The molecule has 2 aromatic carbocycles. The van der Waals surface area contributed by atoms with E-state index < -0.39 is 11.7 Å². The lowest BCUT2D eigenvalue weighted by Crippen LogP contribution is -2.45. The van der Waals surface area contributed by atoms with Crippen LogP contribution in [0, 0.1) is 22.6 Å². The molecule has 0 spiro atoms. The Kier molecular flexibility index (Phi) is 8.62. The van der Waals surface area contributed by atoms with Crippen LogP contribution in [0.3, 0.4) is 0 Å². The van der Waals surface area contributed by atoms with E-state index in [-0.39, 0.29) is 11.7 Å². The lowest BCUT2D eigenvalue weighted by molar-refractivity contribution is -0.232. The van der Waals surface area contributed by atoms with Gasteiger partial charge >= 0.3 is 0 Å². The summed E-state index contributed by atoms with van der Waals surface area (Å²) in [7, 11) is 0. The number of halogens is 1. The van der Waals surface area contributed by atoms with Crippen molar-refractivity contribution in [2.24, 2.45) is 5.41 Å². The van der Waals surface area contributed by atoms with Crippen LogP contribution in [0.15, 0.2) is 66.9 Å². The van der Waals surface area contributed by atoms with Crippen molar-refractivity contribution in [2.75, 3.05) is 31.6 Å².